The molecular formula is C12H10O2S. The molecule has 0 aliphatic carbocycles. The van der Waals surface area contributed by atoms with E-state index in [9.17, 15) is 9.59 Å². The summed E-state index contributed by atoms with van der Waals surface area (Å²) in [4.78, 5) is 22.0. The van der Waals surface area contributed by atoms with Gasteiger partial charge in [0.25, 0.3) is 0 Å². The zero-order chi connectivity index (χ0) is 11.1. The van der Waals surface area contributed by atoms with Crippen molar-refractivity contribution in [3.63, 3.8) is 0 Å². The van der Waals surface area contributed by atoms with Gasteiger partial charge in [-0.15, -0.1) is 0 Å². The average Bonchev–Trinajstić information content (AvgIpc) is 2.25. The summed E-state index contributed by atoms with van der Waals surface area (Å²) < 4.78 is 0. The molecule has 0 saturated heterocycles. The molecule has 0 spiro atoms. The first-order valence-corrected chi connectivity index (χ1v) is 5.40. The fourth-order valence-electron chi connectivity index (χ4n) is 0.916. The van der Waals surface area contributed by atoms with Crippen LogP contribution < -0.4 is 0 Å². The number of rotatable bonds is 2. The number of hydrogen-bond donors (Lipinski definition) is 0. The predicted octanol–water partition coefficient (Wildman–Crippen LogP) is 2.15. The van der Waals surface area contributed by atoms with Gasteiger partial charge in [0.05, 0.1) is 5.75 Å². The lowest BCUT2D eigenvalue weighted by Gasteiger charge is -1.90. The number of Topliss-reactive ketones (excluding diaryl/α,β-unsaturated/α-hetero) is 1. The maximum Gasteiger partial charge on any atom is 0.235 e. The molecule has 0 unspecified atom stereocenters. The molecule has 0 aromatic heterocycles. The van der Waals surface area contributed by atoms with Crippen molar-refractivity contribution in [2.75, 3.05) is 5.75 Å². The topological polar surface area (TPSA) is 34.1 Å². The van der Waals surface area contributed by atoms with Crippen LogP contribution in [0.3, 0.4) is 0 Å². The molecule has 0 radical (unpaired) electrons. The maximum absolute atomic E-state index is 11.4. The lowest BCUT2D eigenvalue weighted by atomic mass is 10.1. The van der Waals surface area contributed by atoms with E-state index in [0.29, 0.717) is 11.3 Å². The van der Waals surface area contributed by atoms with Gasteiger partial charge in [0.2, 0.25) is 5.78 Å². The molecule has 0 bridgehead atoms. The van der Waals surface area contributed by atoms with Crippen LogP contribution in [0.2, 0.25) is 0 Å². The van der Waals surface area contributed by atoms with Crippen molar-refractivity contribution in [1.29, 1.82) is 0 Å². The summed E-state index contributed by atoms with van der Waals surface area (Å²) in [5.41, 5.74) is 0.581. The second kappa shape index (κ2) is 6.05. The third-order valence-electron chi connectivity index (χ3n) is 1.59. The molecule has 76 valence electrons. The number of hydrogen-bond acceptors (Lipinski definition) is 3. The van der Waals surface area contributed by atoms with Crippen molar-refractivity contribution in [2.24, 2.45) is 0 Å². The highest BCUT2D eigenvalue weighted by molar-refractivity contribution is 8.13. The van der Waals surface area contributed by atoms with Gasteiger partial charge in [0.15, 0.2) is 5.12 Å². The van der Waals surface area contributed by atoms with E-state index in [1.807, 2.05) is 6.07 Å². The van der Waals surface area contributed by atoms with E-state index in [2.05, 4.69) is 11.8 Å². The van der Waals surface area contributed by atoms with Crippen LogP contribution in [-0.4, -0.2) is 16.7 Å². The Morgan fingerprint density at radius 2 is 1.93 bits per heavy atom. The second-order valence-electron chi connectivity index (χ2n) is 2.78. The average molecular weight is 218 g/mol. The molecule has 0 amide bonds. The molecule has 0 fully saturated rings. The Bertz CT molecular complexity index is 412. The Kier molecular flexibility index (Phi) is 4.65. The fourth-order valence-corrected chi connectivity index (χ4v) is 1.26. The lowest BCUT2D eigenvalue weighted by molar-refractivity contribution is -0.109. The van der Waals surface area contributed by atoms with Gasteiger partial charge in [-0.05, 0) is 5.92 Å². The van der Waals surface area contributed by atoms with Crippen LogP contribution in [0.15, 0.2) is 30.3 Å². The van der Waals surface area contributed by atoms with E-state index in [4.69, 9.17) is 0 Å². The Morgan fingerprint density at radius 1 is 1.27 bits per heavy atom. The van der Waals surface area contributed by atoms with Gasteiger partial charge in [-0.2, -0.15) is 0 Å². The smallest absolute Gasteiger partial charge is 0.235 e. The highest BCUT2D eigenvalue weighted by Gasteiger charge is 1.98. The molecule has 0 aliphatic rings. The standard InChI is InChI=1S/C12H10O2S/c1-10(13)15-9-5-8-12(14)11-6-3-2-4-7-11/h2-4,6-7H,9H2,1H3. The second-order valence-corrected chi connectivity index (χ2v) is 3.93. The van der Waals surface area contributed by atoms with E-state index < -0.39 is 0 Å². The quantitative estimate of drug-likeness (QED) is 0.433. The summed E-state index contributed by atoms with van der Waals surface area (Å²) in [6.45, 7) is 1.48. The van der Waals surface area contributed by atoms with Gasteiger partial charge in [0.1, 0.15) is 0 Å². The van der Waals surface area contributed by atoms with Crippen molar-refractivity contribution < 1.29 is 9.59 Å². The predicted molar refractivity (Wildman–Crippen MR) is 61.7 cm³/mol. The third-order valence-corrected chi connectivity index (χ3v) is 2.28. The van der Waals surface area contributed by atoms with Crippen molar-refractivity contribution in [3.8, 4) is 11.8 Å². The highest BCUT2D eigenvalue weighted by Crippen LogP contribution is 2.00. The van der Waals surface area contributed by atoms with Crippen LogP contribution in [0.25, 0.3) is 0 Å². The van der Waals surface area contributed by atoms with Crippen LogP contribution in [0, 0.1) is 11.8 Å². The summed E-state index contributed by atoms with van der Waals surface area (Å²) in [6, 6.07) is 8.86. The first-order chi connectivity index (χ1) is 7.20. The largest absolute Gasteiger partial charge is 0.288 e. The minimum absolute atomic E-state index is 0.0106. The van der Waals surface area contributed by atoms with Crippen LogP contribution in [0.1, 0.15) is 17.3 Å². The monoisotopic (exact) mass is 218 g/mol. The molecule has 0 atom stereocenters. The van der Waals surface area contributed by atoms with Crippen molar-refractivity contribution in [2.45, 2.75) is 6.92 Å². The van der Waals surface area contributed by atoms with Crippen molar-refractivity contribution in [3.05, 3.63) is 35.9 Å². The summed E-state index contributed by atoms with van der Waals surface area (Å²) in [5.74, 6) is 5.31. The van der Waals surface area contributed by atoms with Gasteiger partial charge in [0, 0.05) is 12.5 Å². The molecule has 0 N–H and O–H groups in total. The zero-order valence-electron chi connectivity index (χ0n) is 8.32. The van der Waals surface area contributed by atoms with Crippen LogP contribution >= 0.6 is 11.8 Å². The minimum atomic E-state index is -0.209. The Morgan fingerprint density at radius 3 is 2.53 bits per heavy atom. The fraction of sp³-hybridized carbons (Fsp3) is 0.167. The first-order valence-electron chi connectivity index (χ1n) is 4.42. The van der Waals surface area contributed by atoms with E-state index in [0.717, 1.165) is 11.8 Å². The van der Waals surface area contributed by atoms with Gasteiger partial charge in [-0.25, -0.2) is 0 Å². The zero-order valence-corrected chi connectivity index (χ0v) is 9.14. The van der Waals surface area contributed by atoms with Gasteiger partial charge in [-0.1, -0.05) is 48.0 Å². The number of thioether (sulfide) groups is 1. The molecule has 2 nitrogen and oxygen atoms in total. The molecule has 0 saturated carbocycles. The van der Waals surface area contributed by atoms with Crippen molar-refractivity contribution >= 4 is 22.7 Å². The van der Waals surface area contributed by atoms with Crippen LogP contribution in [0.4, 0.5) is 0 Å². The SMILES string of the molecule is CC(=O)SCC#CC(=O)c1ccccc1. The Balaban J connectivity index is 2.53. The minimum Gasteiger partial charge on any atom is -0.288 e. The summed E-state index contributed by atoms with van der Waals surface area (Å²) in [6.07, 6.45) is 0. The van der Waals surface area contributed by atoms with E-state index in [1.165, 1.54) is 6.92 Å². The summed E-state index contributed by atoms with van der Waals surface area (Å²) in [7, 11) is 0. The van der Waals surface area contributed by atoms with Gasteiger partial charge < -0.3 is 0 Å². The molecule has 0 aliphatic heterocycles. The van der Waals surface area contributed by atoms with E-state index in [-0.39, 0.29) is 10.9 Å². The van der Waals surface area contributed by atoms with Crippen molar-refractivity contribution in [1.82, 2.24) is 0 Å². The molecule has 0 heterocycles. The van der Waals surface area contributed by atoms with Crippen LogP contribution in [-0.2, 0) is 4.79 Å². The molecule has 1 aromatic rings. The number of ketones is 1. The summed E-state index contributed by atoms with van der Waals surface area (Å²) >= 11 is 1.10. The molecule has 3 heteroatoms. The van der Waals surface area contributed by atoms with Crippen LogP contribution in [0.5, 0.6) is 0 Å². The number of carbonyl (C=O) groups is 2. The van der Waals surface area contributed by atoms with Gasteiger partial charge in [-0.3, -0.25) is 9.59 Å². The van der Waals surface area contributed by atoms with E-state index in [1.54, 1.807) is 24.3 Å². The first kappa shape index (κ1) is 11.5. The maximum atomic E-state index is 11.4. The molecule has 15 heavy (non-hydrogen) atoms. The lowest BCUT2D eigenvalue weighted by Crippen LogP contribution is -1.94. The van der Waals surface area contributed by atoms with Gasteiger partial charge >= 0.3 is 0 Å². The van der Waals surface area contributed by atoms with E-state index >= 15 is 0 Å². The number of benzene rings is 1. The Hall–Kier alpha value is -1.53. The molecule has 1 rings (SSSR count). The highest BCUT2D eigenvalue weighted by atomic mass is 32.2. The molecule has 1 aromatic carbocycles. The third kappa shape index (κ3) is 4.48. The normalized spacial score (nSPS) is 8.87. The summed E-state index contributed by atoms with van der Waals surface area (Å²) in [5, 5.41) is 0.0106. The molecular weight excluding hydrogens is 208 g/mol. The Labute approximate surface area is 93.1 Å². The number of carbonyl (C=O) groups excluding carboxylic acids is 2.